The molecule has 13 rings (SSSR count). The fourth-order valence-corrected chi connectivity index (χ4v) is 11.9. The molecule has 72 heavy (non-hydrogen) atoms. The summed E-state index contributed by atoms with van der Waals surface area (Å²) in [5.41, 5.74) is 19.9. The molecule has 0 saturated heterocycles. The van der Waals surface area contributed by atoms with Crippen molar-refractivity contribution >= 4 is 66.8 Å². The Balaban J connectivity index is 1.21. The van der Waals surface area contributed by atoms with Crippen LogP contribution < -0.4 is 9.80 Å². The van der Waals surface area contributed by atoms with E-state index in [1.807, 2.05) is 36.4 Å². The molecule has 5 heteroatoms. The van der Waals surface area contributed by atoms with Crippen LogP contribution in [-0.2, 0) is 5.41 Å². The minimum Gasteiger partial charge on any atom is -0.454 e. The summed E-state index contributed by atoms with van der Waals surface area (Å²) in [6.45, 7) is 8.91. The van der Waals surface area contributed by atoms with E-state index in [1.54, 1.807) is 0 Å². The number of nitriles is 2. The van der Waals surface area contributed by atoms with E-state index in [1.165, 1.54) is 50.1 Å². The second kappa shape index (κ2) is 16.5. The number of fused-ring (bicyclic) bond motifs is 16. The molecule has 1 heterocycles. The van der Waals surface area contributed by atoms with Gasteiger partial charge in [0.15, 0.2) is 5.58 Å². The van der Waals surface area contributed by atoms with Crippen molar-refractivity contribution < 1.29 is 4.42 Å². The molecule has 0 aliphatic heterocycles. The van der Waals surface area contributed by atoms with Crippen LogP contribution in [0.25, 0.3) is 55.0 Å². The van der Waals surface area contributed by atoms with Crippen molar-refractivity contribution in [3.63, 3.8) is 0 Å². The SMILES string of the molecule is CC(C)c1ccc(N(c2ccc(C#N)cc2)c2cc3c(c4ccccc24)-c2c(cc(N(c4ccc(C#N)cc4)c4ccc(C(C)C)cc4)c4oc5ccccc5c24)C32c3ccccc3-c3ccccc32)cc1. The van der Waals surface area contributed by atoms with Gasteiger partial charge in [-0.25, -0.2) is 0 Å². The number of para-hydroxylation sites is 1. The Morgan fingerprint density at radius 1 is 0.417 bits per heavy atom. The van der Waals surface area contributed by atoms with Gasteiger partial charge in [0.2, 0.25) is 0 Å². The summed E-state index contributed by atoms with van der Waals surface area (Å²) in [4.78, 5) is 4.69. The summed E-state index contributed by atoms with van der Waals surface area (Å²) in [7, 11) is 0. The van der Waals surface area contributed by atoms with Crippen LogP contribution in [0.15, 0.2) is 211 Å². The first kappa shape index (κ1) is 42.9. The van der Waals surface area contributed by atoms with E-state index in [2.05, 4.69) is 219 Å². The van der Waals surface area contributed by atoms with Gasteiger partial charge < -0.3 is 14.2 Å². The first-order valence-corrected chi connectivity index (χ1v) is 24.8. The Hall–Kier alpha value is -9.16. The highest BCUT2D eigenvalue weighted by molar-refractivity contribution is 6.24. The van der Waals surface area contributed by atoms with Crippen LogP contribution in [0.4, 0.5) is 34.1 Å². The number of benzene rings is 10. The van der Waals surface area contributed by atoms with Crippen LogP contribution >= 0.6 is 0 Å². The molecule has 0 atom stereocenters. The number of rotatable bonds is 8. The maximum atomic E-state index is 9.99. The molecule has 10 aromatic carbocycles. The second-order valence-electron chi connectivity index (χ2n) is 19.8. The molecule has 0 amide bonds. The van der Waals surface area contributed by atoms with Crippen molar-refractivity contribution in [1.82, 2.24) is 0 Å². The number of furan rings is 1. The van der Waals surface area contributed by atoms with Crippen molar-refractivity contribution in [3.05, 3.63) is 251 Å². The smallest absolute Gasteiger partial charge is 0.160 e. The summed E-state index contributed by atoms with van der Waals surface area (Å²) in [6.07, 6.45) is 0. The number of anilines is 6. The molecule has 0 N–H and O–H groups in total. The van der Waals surface area contributed by atoms with Gasteiger partial charge in [-0.15, -0.1) is 0 Å². The van der Waals surface area contributed by atoms with E-state index >= 15 is 0 Å². The summed E-state index contributed by atoms with van der Waals surface area (Å²) in [6, 6.07) is 78.6. The number of nitrogens with zero attached hydrogens (tertiary/aromatic N) is 4. The average molecular weight is 925 g/mol. The maximum absolute atomic E-state index is 9.99. The lowest BCUT2D eigenvalue weighted by Crippen LogP contribution is -2.26. The predicted molar refractivity (Wildman–Crippen MR) is 294 cm³/mol. The maximum Gasteiger partial charge on any atom is 0.160 e. The second-order valence-corrected chi connectivity index (χ2v) is 19.8. The molecule has 0 radical (unpaired) electrons. The van der Waals surface area contributed by atoms with Crippen LogP contribution in [0.2, 0.25) is 0 Å². The lowest BCUT2D eigenvalue weighted by atomic mass is 9.70. The van der Waals surface area contributed by atoms with E-state index in [4.69, 9.17) is 4.42 Å². The van der Waals surface area contributed by atoms with Gasteiger partial charge in [0.1, 0.15) is 5.58 Å². The van der Waals surface area contributed by atoms with Gasteiger partial charge in [-0.2, -0.15) is 10.5 Å². The molecule has 0 saturated carbocycles. The molecule has 1 aromatic heterocycles. The van der Waals surface area contributed by atoms with E-state index in [0.29, 0.717) is 23.0 Å². The van der Waals surface area contributed by atoms with E-state index in [-0.39, 0.29) is 0 Å². The van der Waals surface area contributed by atoms with Gasteiger partial charge in [0.05, 0.1) is 40.1 Å². The van der Waals surface area contributed by atoms with Crippen molar-refractivity contribution in [2.45, 2.75) is 44.9 Å². The summed E-state index contributed by atoms with van der Waals surface area (Å²) >= 11 is 0. The van der Waals surface area contributed by atoms with Gasteiger partial charge in [-0.1, -0.05) is 143 Å². The third-order valence-corrected chi connectivity index (χ3v) is 15.3. The van der Waals surface area contributed by atoms with Crippen LogP contribution in [0.1, 0.15) is 84.0 Å². The standard InChI is InChI=1S/C67H48N4O/c1-41(2)45-25-33-49(34-26-45)70(47-29-21-43(39-68)22-30-47)60-37-58-63(54-16-6-5-15-53(54)60)65-59(67(58)56-18-10-7-13-51(56)52-14-8-11-19-57(52)67)38-61(66-64(65)55-17-9-12-20-62(55)72-66)71(48-31-23-44(40-69)24-32-48)50-35-27-46(28-36-50)42(3)4/h5-38,41-42H,1-4H3. The lowest BCUT2D eigenvalue weighted by molar-refractivity contribution is 0.668. The van der Waals surface area contributed by atoms with Gasteiger partial charge in [0.25, 0.3) is 0 Å². The Morgan fingerprint density at radius 2 is 0.833 bits per heavy atom. The largest absolute Gasteiger partial charge is 0.454 e. The minimum absolute atomic E-state index is 0.359. The van der Waals surface area contributed by atoms with Crippen LogP contribution in [0.3, 0.4) is 0 Å². The zero-order valence-electron chi connectivity index (χ0n) is 40.5. The topological polar surface area (TPSA) is 67.2 Å². The predicted octanol–water partition coefficient (Wildman–Crippen LogP) is 18.0. The molecule has 11 aromatic rings. The van der Waals surface area contributed by atoms with Crippen molar-refractivity contribution in [1.29, 1.82) is 10.5 Å². The van der Waals surface area contributed by atoms with Crippen LogP contribution in [0.5, 0.6) is 0 Å². The third-order valence-electron chi connectivity index (χ3n) is 15.3. The van der Waals surface area contributed by atoms with Crippen LogP contribution in [-0.4, -0.2) is 0 Å². The lowest BCUT2D eigenvalue weighted by Gasteiger charge is -2.34. The first-order chi connectivity index (χ1) is 35.3. The minimum atomic E-state index is -0.784. The van der Waals surface area contributed by atoms with Gasteiger partial charge >= 0.3 is 0 Å². The molecular formula is C67H48N4O. The summed E-state index contributed by atoms with van der Waals surface area (Å²) in [5.74, 6) is 0.731. The zero-order valence-corrected chi connectivity index (χ0v) is 40.5. The highest BCUT2D eigenvalue weighted by Gasteiger charge is 2.54. The fourth-order valence-electron chi connectivity index (χ4n) is 11.9. The van der Waals surface area contributed by atoms with Gasteiger partial charge in [-0.05, 0) is 164 Å². The Labute approximate surface area is 419 Å². The van der Waals surface area contributed by atoms with E-state index in [9.17, 15) is 10.5 Å². The zero-order chi connectivity index (χ0) is 48.8. The molecule has 2 aliphatic carbocycles. The normalized spacial score (nSPS) is 12.8. The molecule has 342 valence electrons. The Morgan fingerprint density at radius 3 is 1.35 bits per heavy atom. The first-order valence-electron chi connectivity index (χ1n) is 24.8. The van der Waals surface area contributed by atoms with Crippen LogP contribution in [0, 0.1) is 22.7 Å². The van der Waals surface area contributed by atoms with Crippen molar-refractivity contribution in [3.8, 4) is 34.4 Å². The summed E-state index contributed by atoms with van der Waals surface area (Å²) in [5, 5.41) is 24.3. The average Bonchev–Trinajstić information content (AvgIpc) is 4.06. The highest BCUT2D eigenvalue weighted by atomic mass is 16.3. The van der Waals surface area contributed by atoms with Gasteiger partial charge in [-0.3, -0.25) is 0 Å². The number of hydrogen-bond acceptors (Lipinski definition) is 5. The molecule has 2 aliphatic rings. The highest BCUT2D eigenvalue weighted by Crippen LogP contribution is 2.67. The Bertz CT molecular complexity index is 4010. The summed E-state index contributed by atoms with van der Waals surface area (Å²) < 4.78 is 7.25. The molecule has 1 spiro atoms. The molecular weight excluding hydrogens is 877 g/mol. The van der Waals surface area contributed by atoms with Crippen molar-refractivity contribution in [2.75, 3.05) is 9.80 Å². The Kier molecular flexibility index (Phi) is 9.82. The van der Waals surface area contributed by atoms with Crippen molar-refractivity contribution in [2.24, 2.45) is 0 Å². The molecule has 0 bridgehead atoms. The van der Waals surface area contributed by atoms with E-state index in [0.717, 1.165) is 72.4 Å². The molecule has 5 nitrogen and oxygen atoms in total. The van der Waals surface area contributed by atoms with E-state index < -0.39 is 5.41 Å². The molecule has 0 unspecified atom stereocenters. The van der Waals surface area contributed by atoms with Gasteiger partial charge in [0, 0.05) is 38.9 Å². The number of hydrogen-bond donors (Lipinski definition) is 0. The quantitative estimate of drug-likeness (QED) is 0.152. The molecule has 0 fully saturated rings. The fraction of sp³-hybridized carbons (Fsp3) is 0.104. The third kappa shape index (κ3) is 6.24. The monoisotopic (exact) mass is 924 g/mol.